The molecular formula is C27H28N4O3. The number of hydrogen-bond acceptors (Lipinski definition) is 5. The Morgan fingerprint density at radius 1 is 0.853 bits per heavy atom. The number of hydrogen-bond donors (Lipinski definition) is 0. The highest BCUT2D eigenvalue weighted by atomic mass is 16.5. The minimum atomic E-state index is -0.0845. The number of anilines is 1. The summed E-state index contributed by atoms with van der Waals surface area (Å²) in [4.78, 5) is 29.6. The number of rotatable bonds is 6. The molecule has 5 rings (SSSR count). The smallest absolute Gasteiger partial charge is 0.270 e. The molecule has 0 spiro atoms. The fourth-order valence-corrected chi connectivity index (χ4v) is 4.44. The third-order valence-electron chi connectivity index (χ3n) is 6.35. The van der Waals surface area contributed by atoms with E-state index in [0.717, 1.165) is 30.8 Å². The fraction of sp³-hybridized carbons (Fsp3) is 0.296. The number of fused-ring (bicyclic) bond motifs is 1. The van der Waals surface area contributed by atoms with E-state index in [9.17, 15) is 9.59 Å². The Bertz CT molecular complexity index is 1200. The minimum absolute atomic E-state index is 0.0694. The Kier molecular flexibility index (Phi) is 6.53. The molecule has 2 aliphatic heterocycles. The second-order valence-corrected chi connectivity index (χ2v) is 8.55. The van der Waals surface area contributed by atoms with Crippen molar-refractivity contribution in [1.29, 1.82) is 0 Å². The molecule has 0 radical (unpaired) electrons. The zero-order chi connectivity index (χ0) is 23.3. The van der Waals surface area contributed by atoms with Crippen LogP contribution in [0.25, 0.3) is 10.8 Å². The molecule has 3 aromatic carbocycles. The van der Waals surface area contributed by atoms with Gasteiger partial charge in [-0.1, -0.05) is 54.6 Å². The lowest BCUT2D eigenvalue weighted by molar-refractivity contribution is -0.126. The SMILES string of the molecule is O=C(C1=NN(c2ccccc2)C(=O)CC1)N1CCN(CCOc2cccc3ccccc23)CC1. The van der Waals surface area contributed by atoms with E-state index in [1.807, 2.05) is 59.5 Å². The van der Waals surface area contributed by atoms with Gasteiger partial charge >= 0.3 is 0 Å². The third-order valence-corrected chi connectivity index (χ3v) is 6.35. The summed E-state index contributed by atoms with van der Waals surface area (Å²) >= 11 is 0. The fourth-order valence-electron chi connectivity index (χ4n) is 4.44. The summed E-state index contributed by atoms with van der Waals surface area (Å²) < 4.78 is 6.08. The van der Waals surface area contributed by atoms with Gasteiger partial charge in [0.1, 0.15) is 18.1 Å². The first kappa shape index (κ1) is 22.1. The molecule has 0 bridgehead atoms. The van der Waals surface area contributed by atoms with Gasteiger partial charge in [-0.3, -0.25) is 14.5 Å². The summed E-state index contributed by atoms with van der Waals surface area (Å²) in [6, 6.07) is 23.6. The van der Waals surface area contributed by atoms with Gasteiger partial charge in [0.25, 0.3) is 5.91 Å². The van der Waals surface area contributed by atoms with Gasteiger partial charge in [-0.25, -0.2) is 5.01 Å². The van der Waals surface area contributed by atoms with Crippen molar-refractivity contribution in [3.8, 4) is 5.75 Å². The van der Waals surface area contributed by atoms with E-state index in [-0.39, 0.29) is 11.8 Å². The molecular weight excluding hydrogens is 428 g/mol. The van der Waals surface area contributed by atoms with Crippen molar-refractivity contribution in [3.63, 3.8) is 0 Å². The molecule has 0 atom stereocenters. The van der Waals surface area contributed by atoms with Crippen LogP contribution in [0.3, 0.4) is 0 Å². The largest absolute Gasteiger partial charge is 0.492 e. The van der Waals surface area contributed by atoms with Gasteiger partial charge in [-0.05, 0) is 23.6 Å². The Hall–Kier alpha value is -3.71. The number of carbonyl (C=O) groups is 2. The summed E-state index contributed by atoms with van der Waals surface area (Å²) in [5.41, 5.74) is 1.14. The Morgan fingerprint density at radius 2 is 1.59 bits per heavy atom. The predicted octanol–water partition coefficient (Wildman–Crippen LogP) is 3.55. The van der Waals surface area contributed by atoms with E-state index in [4.69, 9.17) is 4.74 Å². The molecule has 1 fully saturated rings. The van der Waals surface area contributed by atoms with Crippen molar-refractivity contribution >= 4 is 34.0 Å². The number of piperazine rings is 1. The van der Waals surface area contributed by atoms with Crippen LogP contribution in [0.5, 0.6) is 5.75 Å². The number of carbonyl (C=O) groups excluding carboxylic acids is 2. The molecule has 7 nitrogen and oxygen atoms in total. The molecule has 2 heterocycles. The van der Waals surface area contributed by atoms with Crippen LogP contribution in [0, 0.1) is 0 Å². The summed E-state index contributed by atoms with van der Waals surface area (Å²) in [5.74, 6) is 0.749. The molecule has 0 saturated carbocycles. The highest BCUT2D eigenvalue weighted by molar-refractivity contribution is 6.40. The number of amides is 2. The molecule has 7 heteroatoms. The Balaban J connectivity index is 1.14. The van der Waals surface area contributed by atoms with Crippen LogP contribution in [0.1, 0.15) is 12.8 Å². The van der Waals surface area contributed by atoms with Crippen LogP contribution in [-0.2, 0) is 9.59 Å². The van der Waals surface area contributed by atoms with E-state index in [0.29, 0.717) is 43.9 Å². The van der Waals surface area contributed by atoms with Crippen LogP contribution in [-0.4, -0.2) is 66.7 Å². The molecule has 3 aromatic rings. The lowest BCUT2D eigenvalue weighted by Crippen LogP contribution is -2.52. The molecule has 2 amide bonds. The molecule has 174 valence electrons. The van der Waals surface area contributed by atoms with Crippen molar-refractivity contribution in [2.45, 2.75) is 12.8 Å². The van der Waals surface area contributed by atoms with Crippen molar-refractivity contribution in [1.82, 2.24) is 9.80 Å². The van der Waals surface area contributed by atoms with Gasteiger partial charge in [0.2, 0.25) is 5.91 Å². The van der Waals surface area contributed by atoms with Gasteiger partial charge < -0.3 is 9.64 Å². The lowest BCUT2D eigenvalue weighted by atomic mass is 10.1. The Labute approximate surface area is 199 Å². The van der Waals surface area contributed by atoms with E-state index in [1.165, 1.54) is 10.4 Å². The summed E-state index contributed by atoms with van der Waals surface area (Å²) in [7, 11) is 0. The maximum absolute atomic E-state index is 13.1. The average Bonchev–Trinajstić information content (AvgIpc) is 2.90. The summed E-state index contributed by atoms with van der Waals surface area (Å²) in [6.07, 6.45) is 0.686. The number of nitrogens with zero attached hydrogens (tertiary/aromatic N) is 4. The van der Waals surface area contributed by atoms with E-state index < -0.39 is 0 Å². The quantitative estimate of drug-likeness (QED) is 0.569. The van der Waals surface area contributed by atoms with Gasteiger partial charge in [-0.2, -0.15) is 5.10 Å². The zero-order valence-corrected chi connectivity index (χ0v) is 19.1. The number of ether oxygens (including phenoxy) is 1. The van der Waals surface area contributed by atoms with E-state index >= 15 is 0 Å². The predicted molar refractivity (Wildman–Crippen MR) is 133 cm³/mol. The second kappa shape index (κ2) is 10.1. The van der Waals surface area contributed by atoms with Crippen molar-refractivity contribution < 1.29 is 14.3 Å². The summed E-state index contributed by atoms with van der Waals surface area (Å²) in [5, 5.41) is 8.06. The van der Waals surface area contributed by atoms with Crippen LogP contribution in [0.4, 0.5) is 5.69 Å². The third kappa shape index (κ3) is 4.79. The standard InChI is InChI=1S/C27H28N4O3/c32-26-14-13-24(28-31(26)22-9-2-1-3-10-22)27(33)30-17-15-29(16-18-30)19-20-34-25-12-6-8-21-7-4-5-11-23(21)25/h1-12H,13-20H2. The van der Waals surface area contributed by atoms with Crippen molar-refractivity contribution in [2.75, 3.05) is 44.3 Å². The lowest BCUT2D eigenvalue weighted by Gasteiger charge is -2.35. The van der Waals surface area contributed by atoms with Crippen molar-refractivity contribution in [3.05, 3.63) is 72.8 Å². The number of hydrazone groups is 1. The van der Waals surface area contributed by atoms with Crippen LogP contribution < -0.4 is 9.75 Å². The monoisotopic (exact) mass is 456 g/mol. The molecule has 0 unspecified atom stereocenters. The zero-order valence-electron chi connectivity index (χ0n) is 19.1. The minimum Gasteiger partial charge on any atom is -0.492 e. The van der Waals surface area contributed by atoms with Crippen LogP contribution in [0.2, 0.25) is 0 Å². The molecule has 1 saturated heterocycles. The first-order valence-corrected chi connectivity index (χ1v) is 11.8. The van der Waals surface area contributed by atoms with Gasteiger partial charge in [0.15, 0.2) is 0 Å². The highest BCUT2D eigenvalue weighted by Crippen LogP contribution is 2.25. The van der Waals surface area contributed by atoms with Crippen molar-refractivity contribution in [2.24, 2.45) is 5.10 Å². The first-order chi connectivity index (χ1) is 16.7. The summed E-state index contributed by atoms with van der Waals surface area (Å²) in [6.45, 7) is 4.28. The second-order valence-electron chi connectivity index (χ2n) is 8.55. The van der Waals surface area contributed by atoms with Gasteiger partial charge in [-0.15, -0.1) is 0 Å². The Morgan fingerprint density at radius 3 is 2.41 bits per heavy atom. The molecule has 2 aliphatic rings. The van der Waals surface area contributed by atoms with Crippen LogP contribution >= 0.6 is 0 Å². The topological polar surface area (TPSA) is 65.5 Å². The molecule has 0 N–H and O–H groups in total. The van der Waals surface area contributed by atoms with Crippen LogP contribution in [0.15, 0.2) is 77.9 Å². The van der Waals surface area contributed by atoms with Gasteiger partial charge in [0, 0.05) is 51.0 Å². The maximum Gasteiger partial charge on any atom is 0.270 e. The van der Waals surface area contributed by atoms with E-state index in [2.05, 4.69) is 28.2 Å². The molecule has 0 aromatic heterocycles. The maximum atomic E-state index is 13.1. The highest BCUT2D eigenvalue weighted by Gasteiger charge is 2.30. The van der Waals surface area contributed by atoms with E-state index in [1.54, 1.807) is 0 Å². The van der Waals surface area contributed by atoms with Gasteiger partial charge in [0.05, 0.1) is 5.69 Å². The average molecular weight is 457 g/mol. The first-order valence-electron chi connectivity index (χ1n) is 11.8. The molecule has 0 aliphatic carbocycles. The molecule has 34 heavy (non-hydrogen) atoms. The number of benzene rings is 3. The normalized spacial score (nSPS) is 17.1. The number of para-hydroxylation sites is 1.